The van der Waals surface area contributed by atoms with Crippen LogP contribution in [0.15, 0.2) is 72.8 Å². The Hall–Kier alpha value is -3.81. The van der Waals surface area contributed by atoms with E-state index in [1.165, 1.54) is 29.7 Å². The first-order valence-corrected chi connectivity index (χ1v) is 11.0. The Kier molecular flexibility index (Phi) is 8.52. The smallest absolute Gasteiger partial charge is 0.416 e. The number of methoxy groups -OCH3 is 2. The van der Waals surface area contributed by atoms with Gasteiger partial charge >= 0.3 is 18.1 Å². The molecule has 0 aliphatic carbocycles. The number of carbonyl (C=O) groups is 2. The number of unbranched alkanes of at least 4 members (excludes halogenated alkanes) is 1. The molecule has 3 rings (SSSR count). The van der Waals surface area contributed by atoms with E-state index in [0.717, 1.165) is 32.1 Å². The molecule has 0 atom stereocenters. The lowest BCUT2D eigenvalue weighted by molar-refractivity contribution is -0.151. The third kappa shape index (κ3) is 6.62. The maximum Gasteiger partial charge on any atom is 0.416 e. The number of aryl methyl sites for hydroxylation is 1. The van der Waals surface area contributed by atoms with Crippen molar-refractivity contribution in [3.05, 3.63) is 83.9 Å². The van der Waals surface area contributed by atoms with Gasteiger partial charge in [-0.3, -0.25) is 9.69 Å². The van der Waals surface area contributed by atoms with E-state index in [2.05, 4.69) is 4.74 Å². The molecular formula is C27H26F3NO4. The largest absolute Gasteiger partial charge is 0.495 e. The molecule has 0 aliphatic rings. The number of carbonyl (C=O) groups excluding carboxylic acids is 2. The first-order chi connectivity index (χ1) is 16.7. The number of alkyl halides is 3. The summed E-state index contributed by atoms with van der Waals surface area (Å²) in [5.41, 5.74) is 1.97. The predicted octanol–water partition coefficient (Wildman–Crippen LogP) is 5.91. The average molecular weight is 486 g/mol. The van der Waals surface area contributed by atoms with Crippen LogP contribution in [0.25, 0.3) is 11.1 Å². The molecule has 0 N–H and O–H groups in total. The lowest BCUT2D eigenvalue weighted by atomic mass is 10.0. The van der Waals surface area contributed by atoms with Crippen LogP contribution in [0.5, 0.6) is 5.75 Å². The summed E-state index contributed by atoms with van der Waals surface area (Å²) in [5, 5.41) is 0. The van der Waals surface area contributed by atoms with Crippen LogP contribution in [0, 0.1) is 0 Å². The second-order valence-corrected chi connectivity index (χ2v) is 7.85. The first-order valence-electron chi connectivity index (χ1n) is 11.0. The highest BCUT2D eigenvalue weighted by Gasteiger charge is 2.30. The Morgan fingerprint density at radius 1 is 0.857 bits per heavy atom. The number of halogens is 3. The maximum atomic E-state index is 12.9. The van der Waals surface area contributed by atoms with Crippen LogP contribution >= 0.6 is 0 Å². The SMILES string of the molecule is COC(=O)C(=O)N(CCCCc1ccccc1)c1ccc(-c2ccc(C(F)(F)F)cc2)cc1OC. The Morgan fingerprint density at radius 3 is 2.11 bits per heavy atom. The van der Waals surface area contributed by atoms with Gasteiger partial charge < -0.3 is 9.47 Å². The van der Waals surface area contributed by atoms with Gasteiger partial charge in [0.05, 0.1) is 25.5 Å². The van der Waals surface area contributed by atoms with E-state index in [4.69, 9.17) is 4.74 Å². The fourth-order valence-electron chi connectivity index (χ4n) is 3.70. The monoisotopic (exact) mass is 485 g/mol. The summed E-state index contributed by atoms with van der Waals surface area (Å²) in [4.78, 5) is 26.1. The molecule has 0 fully saturated rings. The highest BCUT2D eigenvalue weighted by molar-refractivity contribution is 6.38. The van der Waals surface area contributed by atoms with E-state index in [0.29, 0.717) is 29.0 Å². The summed E-state index contributed by atoms with van der Waals surface area (Å²) in [7, 11) is 2.56. The summed E-state index contributed by atoms with van der Waals surface area (Å²) in [6, 6.07) is 19.6. The van der Waals surface area contributed by atoms with Gasteiger partial charge in [0.1, 0.15) is 5.75 Å². The van der Waals surface area contributed by atoms with Crippen LogP contribution < -0.4 is 9.64 Å². The molecule has 3 aromatic rings. The number of nitrogens with zero attached hydrogens (tertiary/aromatic N) is 1. The zero-order chi connectivity index (χ0) is 25.4. The molecule has 0 bridgehead atoms. The number of amides is 1. The van der Waals surface area contributed by atoms with Crippen molar-refractivity contribution in [2.45, 2.75) is 25.4 Å². The average Bonchev–Trinajstić information content (AvgIpc) is 2.88. The number of anilines is 1. The molecule has 0 unspecified atom stereocenters. The number of esters is 1. The number of ether oxygens (including phenoxy) is 2. The number of hydrogen-bond acceptors (Lipinski definition) is 4. The molecule has 0 aliphatic heterocycles. The van der Waals surface area contributed by atoms with Gasteiger partial charge in [0.2, 0.25) is 0 Å². The minimum Gasteiger partial charge on any atom is -0.495 e. The van der Waals surface area contributed by atoms with Gasteiger partial charge in [0.15, 0.2) is 0 Å². The molecular weight excluding hydrogens is 459 g/mol. The second-order valence-electron chi connectivity index (χ2n) is 7.85. The summed E-state index contributed by atoms with van der Waals surface area (Å²) in [6.45, 7) is 0.261. The Bertz CT molecular complexity index is 1150. The van der Waals surface area contributed by atoms with Crippen molar-refractivity contribution in [2.75, 3.05) is 25.7 Å². The highest BCUT2D eigenvalue weighted by atomic mass is 19.4. The molecule has 0 heterocycles. The van der Waals surface area contributed by atoms with Crippen LogP contribution in [-0.4, -0.2) is 32.6 Å². The summed E-state index contributed by atoms with van der Waals surface area (Å²) in [6.07, 6.45) is -2.18. The van der Waals surface area contributed by atoms with Gasteiger partial charge in [0, 0.05) is 6.54 Å². The Labute approximate surface area is 202 Å². The highest BCUT2D eigenvalue weighted by Crippen LogP contribution is 2.35. The van der Waals surface area contributed by atoms with Crippen LogP contribution in [0.1, 0.15) is 24.0 Å². The molecule has 8 heteroatoms. The lowest BCUT2D eigenvalue weighted by Gasteiger charge is -2.24. The summed E-state index contributed by atoms with van der Waals surface area (Å²) >= 11 is 0. The van der Waals surface area contributed by atoms with Crippen molar-refractivity contribution >= 4 is 17.6 Å². The van der Waals surface area contributed by atoms with E-state index >= 15 is 0 Å². The van der Waals surface area contributed by atoms with Crippen LogP contribution in [0.3, 0.4) is 0 Å². The standard InChI is InChI=1S/C27H26F3NO4/c1-34-24-18-21(20-11-14-22(15-12-20)27(28,29)30)13-16-23(24)31(25(32)26(33)35-2)17-7-6-10-19-8-4-3-5-9-19/h3-5,8-9,11-16,18H,6-7,10,17H2,1-2H3. The topological polar surface area (TPSA) is 55.8 Å². The van der Waals surface area contributed by atoms with E-state index < -0.39 is 23.6 Å². The maximum absolute atomic E-state index is 12.9. The van der Waals surface area contributed by atoms with E-state index in [1.807, 2.05) is 30.3 Å². The van der Waals surface area contributed by atoms with Crippen molar-refractivity contribution < 1.29 is 32.2 Å². The molecule has 1 amide bonds. The zero-order valence-electron chi connectivity index (χ0n) is 19.5. The van der Waals surface area contributed by atoms with Crippen molar-refractivity contribution in [3.8, 4) is 16.9 Å². The summed E-state index contributed by atoms with van der Waals surface area (Å²) < 4.78 is 48.8. The van der Waals surface area contributed by atoms with Gasteiger partial charge in [-0.05, 0) is 60.2 Å². The van der Waals surface area contributed by atoms with Gasteiger partial charge in [-0.15, -0.1) is 0 Å². The first kappa shape index (κ1) is 25.8. The van der Waals surface area contributed by atoms with Crippen molar-refractivity contribution in [3.63, 3.8) is 0 Å². The molecule has 0 radical (unpaired) electrons. The van der Waals surface area contributed by atoms with Crippen LogP contribution in [0.2, 0.25) is 0 Å². The summed E-state index contributed by atoms with van der Waals surface area (Å²) in [5.74, 6) is -1.52. The molecule has 0 saturated carbocycles. The zero-order valence-corrected chi connectivity index (χ0v) is 19.5. The van der Waals surface area contributed by atoms with Crippen molar-refractivity contribution in [1.29, 1.82) is 0 Å². The fraction of sp³-hybridized carbons (Fsp3) is 0.259. The number of hydrogen-bond donors (Lipinski definition) is 0. The van der Waals surface area contributed by atoms with E-state index in [9.17, 15) is 22.8 Å². The molecule has 35 heavy (non-hydrogen) atoms. The lowest BCUT2D eigenvalue weighted by Crippen LogP contribution is -2.38. The molecule has 0 saturated heterocycles. The minimum atomic E-state index is -4.42. The molecule has 3 aromatic carbocycles. The van der Waals surface area contributed by atoms with Crippen LogP contribution in [0.4, 0.5) is 18.9 Å². The van der Waals surface area contributed by atoms with Crippen molar-refractivity contribution in [1.82, 2.24) is 0 Å². The number of rotatable bonds is 8. The Balaban J connectivity index is 1.83. The van der Waals surface area contributed by atoms with E-state index in [-0.39, 0.29) is 6.54 Å². The third-order valence-electron chi connectivity index (χ3n) is 5.56. The van der Waals surface area contributed by atoms with Gasteiger partial charge in [0.25, 0.3) is 0 Å². The molecule has 0 spiro atoms. The van der Waals surface area contributed by atoms with Gasteiger partial charge in [-0.25, -0.2) is 4.79 Å². The molecule has 5 nitrogen and oxygen atoms in total. The second kappa shape index (κ2) is 11.6. The van der Waals surface area contributed by atoms with E-state index in [1.54, 1.807) is 18.2 Å². The van der Waals surface area contributed by atoms with Gasteiger partial charge in [-0.2, -0.15) is 13.2 Å². The van der Waals surface area contributed by atoms with Gasteiger partial charge in [-0.1, -0.05) is 48.5 Å². The molecule has 0 aromatic heterocycles. The van der Waals surface area contributed by atoms with Crippen LogP contribution in [-0.2, 0) is 26.9 Å². The number of benzene rings is 3. The fourth-order valence-corrected chi connectivity index (χ4v) is 3.70. The minimum absolute atomic E-state index is 0.261. The van der Waals surface area contributed by atoms with Crippen molar-refractivity contribution in [2.24, 2.45) is 0 Å². The quantitative estimate of drug-likeness (QED) is 0.226. The Morgan fingerprint density at radius 2 is 1.51 bits per heavy atom. The molecule has 184 valence electrons. The normalized spacial score (nSPS) is 11.1. The predicted molar refractivity (Wildman–Crippen MR) is 127 cm³/mol. The third-order valence-corrected chi connectivity index (χ3v) is 5.56.